The van der Waals surface area contributed by atoms with Gasteiger partial charge in [0.2, 0.25) is 10.0 Å². The van der Waals surface area contributed by atoms with Gasteiger partial charge in [-0.05, 0) is 38.0 Å². The van der Waals surface area contributed by atoms with Gasteiger partial charge in [-0.2, -0.15) is 4.31 Å². The van der Waals surface area contributed by atoms with Crippen LogP contribution in [0.25, 0.3) is 0 Å². The van der Waals surface area contributed by atoms with E-state index in [1.54, 1.807) is 0 Å². The lowest BCUT2D eigenvalue weighted by molar-refractivity contribution is 0.380. The molecule has 0 radical (unpaired) electrons. The molecule has 0 atom stereocenters. The molecular formula is C19H23F2N5O2S. The van der Waals surface area contributed by atoms with Crippen molar-refractivity contribution in [3.8, 4) is 0 Å². The third-order valence-electron chi connectivity index (χ3n) is 5.31. The van der Waals surface area contributed by atoms with Crippen molar-refractivity contribution >= 4 is 21.7 Å². The maximum atomic E-state index is 14.0. The van der Waals surface area contributed by atoms with E-state index in [1.165, 1.54) is 4.31 Å². The fourth-order valence-electron chi connectivity index (χ4n) is 3.78. The summed E-state index contributed by atoms with van der Waals surface area (Å²) in [5.41, 5.74) is 0. The first-order valence-corrected chi connectivity index (χ1v) is 11.1. The Bertz CT molecular complexity index is 1000. The Labute approximate surface area is 169 Å². The van der Waals surface area contributed by atoms with Crippen molar-refractivity contribution in [3.63, 3.8) is 0 Å². The first-order valence-electron chi connectivity index (χ1n) is 9.65. The molecule has 1 aromatic carbocycles. The highest BCUT2D eigenvalue weighted by atomic mass is 32.2. The van der Waals surface area contributed by atoms with Gasteiger partial charge in [0.1, 0.15) is 34.0 Å². The summed E-state index contributed by atoms with van der Waals surface area (Å²) < 4.78 is 54.1. The van der Waals surface area contributed by atoms with E-state index in [-0.39, 0.29) is 13.1 Å². The van der Waals surface area contributed by atoms with Crippen LogP contribution in [0.2, 0.25) is 0 Å². The number of rotatable bonds is 4. The number of sulfonamides is 1. The molecule has 2 aromatic rings. The second-order valence-corrected chi connectivity index (χ2v) is 9.20. The molecule has 0 saturated carbocycles. The quantitative estimate of drug-likeness (QED) is 0.751. The summed E-state index contributed by atoms with van der Waals surface area (Å²) in [5, 5.41) is 0. The second-order valence-electron chi connectivity index (χ2n) is 7.29. The SMILES string of the molecule is Cc1nc(N2CCCC2)cc(N2CCN(S(=O)(=O)c3cc(F)ccc3F)CC2)n1. The van der Waals surface area contributed by atoms with Crippen molar-refractivity contribution in [2.24, 2.45) is 0 Å². The Morgan fingerprint density at radius 1 is 0.862 bits per heavy atom. The number of benzene rings is 1. The molecule has 0 unspecified atom stereocenters. The van der Waals surface area contributed by atoms with Crippen LogP contribution < -0.4 is 9.80 Å². The molecule has 4 rings (SSSR count). The van der Waals surface area contributed by atoms with Crippen molar-refractivity contribution in [2.75, 3.05) is 49.1 Å². The predicted molar refractivity (Wildman–Crippen MR) is 106 cm³/mol. The fraction of sp³-hybridized carbons (Fsp3) is 0.474. The van der Waals surface area contributed by atoms with Gasteiger partial charge in [0, 0.05) is 45.3 Å². The van der Waals surface area contributed by atoms with Crippen LogP contribution in [0, 0.1) is 18.6 Å². The number of aromatic nitrogens is 2. The highest BCUT2D eigenvalue weighted by Gasteiger charge is 2.31. The molecule has 0 amide bonds. The molecule has 2 aliphatic heterocycles. The molecule has 10 heteroatoms. The van der Waals surface area contributed by atoms with Gasteiger partial charge >= 0.3 is 0 Å². The highest BCUT2D eigenvalue weighted by molar-refractivity contribution is 7.89. The molecule has 0 aliphatic carbocycles. The first-order chi connectivity index (χ1) is 13.8. The van der Waals surface area contributed by atoms with E-state index in [0.29, 0.717) is 18.9 Å². The summed E-state index contributed by atoms with van der Waals surface area (Å²) in [5.74, 6) is 0.585. The molecule has 3 heterocycles. The van der Waals surface area contributed by atoms with Crippen molar-refractivity contribution in [1.29, 1.82) is 0 Å². The molecule has 29 heavy (non-hydrogen) atoms. The van der Waals surface area contributed by atoms with Gasteiger partial charge in [0.15, 0.2) is 0 Å². The minimum Gasteiger partial charge on any atom is -0.356 e. The molecule has 7 nitrogen and oxygen atoms in total. The summed E-state index contributed by atoms with van der Waals surface area (Å²) in [6, 6.07) is 4.41. The van der Waals surface area contributed by atoms with Crippen molar-refractivity contribution in [2.45, 2.75) is 24.7 Å². The molecule has 2 aliphatic rings. The Hall–Kier alpha value is -2.33. The smallest absolute Gasteiger partial charge is 0.246 e. The van der Waals surface area contributed by atoms with Crippen molar-refractivity contribution < 1.29 is 17.2 Å². The van der Waals surface area contributed by atoms with Crippen molar-refractivity contribution in [1.82, 2.24) is 14.3 Å². The van der Waals surface area contributed by atoms with E-state index in [4.69, 9.17) is 0 Å². The van der Waals surface area contributed by atoms with E-state index < -0.39 is 26.6 Å². The molecule has 2 saturated heterocycles. The zero-order chi connectivity index (χ0) is 20.6. The van der Waals surface area contributed by atoms with E-state index in [0.717, 1.165) is 55.8 Å². The minimum atomic E-state index is -4.10. The predicted octanol–water partition coefficient (Wildman–Crippen LogP) is 2.17. The fourth-order valence-corrected chi connectivity index (χ4v) is 5.28. The second kappa shape index (κ2) is 7.83. The van der Waals surface area contributed by atoms with E-state index in [2.05, 4.69) is 14.9 Å². The number of piperazine rings is 1. The molecule has 2 fully saturated rings. The number of halogens is 2. The molecule has 1 aromatic heterocycles. The van der Waals surface area contributed by atoms with Crippen LogP contribution in [-0.2, 0) is 10.0 Å². The molecule has 0 spiro atoms. The third kappa shape index (κ3) is 4.04. The van der Waals surface area contributed by atoms with Crippen LogP contribution in [0.4, 0.5) is 20.4 Å². The standard InChI is InChI=1S/C19H23F2N5O2S/c1-14-22-18(24-6-2-3-7-24)13-19(23-14)25-8-10-26(11-9-25)29(27,28)17-12-15(20)4-5-16(17)21/h4-5,12-13H,2-3,6-11H2,1H3. The minimum absolute atomic E-state index is 0.167. The number of nitrogens with zero attached hydrogens (tertiary/aromatic N) is 5. The summed E-state index contributed by atoms with van der Waals surface area (Å²) in [6.07, 6.45) is 2.29. The van der Waals surface area contributed by atoms with E-state index in [1.807, 2.05) is 17.9 Å². The van der Waals surface area contributed by atoms with Crippen LogP contribution in [0.5, 0.6) is 0 Å². The highest BCUT2D eigenvalue weighted by Crippen LogP contribution is 2.26. The van der Waals surface area contributed by atoms with Crippen LogP contribution in [-0.4, -0.2) is 62.0 Å². The molecule has 0 bridgehead atoms. The number of anilines is 2. The zero-order valence-electron chi connectivity index (χ0n) is 16.2. The average Bonchev–Trinajstić information content (AvgIpc) is 3.24. The Morgan fingerprint density at radius 2 is 1.45 bits per heavy atom. The summed E-state index contributed by atoms with van der Waals surface area (Å²) in [4.78, 5) is 12.6. The largest absolute Gasteiger partial charge is 0.356 e. The average molecular weight is 423 g/mol. The summed E-state index contributed by atoms with van der Waals surface area (Å²) in [7, 11) is -4.10. The van der Waals surface area contributed by atoms with Gasteiger partial charge < -0.3 is 9.80 Å². The van der Waals surface area contributed by atoms with Gasteiger partial charge in [-0.25, -0.2) is 27.2 Å². The zero-order valence-corrected chi connectivity index (χ0v) is 17.0. The van der Waals surface area contributed by atoms with Crippen LogP contribution in [0.3, 0.4) is 0 Å². The number of aryl methyl sites for hydroxylation is 1. The lowest BCUT2D eigenvalue weighted by Gasteiger charge is -2.35. The van der Waals surface area contributed by atoms with Gasteiger partial charge in [-0.3, -0.25) is 0 Å². The maximum absolute atomic E-state index is 14.0. The molecule has 0 N–H and O–H groups in total. The first kappa shape index (κ1) is 20.0. The van der Waals surface area contributed by atoms with Gasteiger partial charge in [0.25, 0.3) is 0 Å². The summed E-state index contributed by atoms with van der Waals surface area (Å²) >= 11 is 0. The van der Waals surface area contributed by atoms with Gasteiger partial charge in [0.05, 0.1) is 0 Å². The topological polar surface area (TPSA) is 69.6 Å². The van der Waals surface area contributed by atoms with E-state index >= 15 is 0 Å². The van der Waals surface area contributed by atoms with Crippen LogP contribution >= 0.6 is 0 Å². The lowest BCUT2D eigenvalue weighted by atomic mass is 10.3. The number of hydrogen-bond donors (Lipinski definition) is 0. The Kier molecular flexibility index (Phi) is 5.39. The normalized spacial score (nSPS) is 18.4. The molecular weight excluding hydrogens is 400 g/mol. The van der Waals surface area contributed by atoms with Crippen molar-refractivity contribution in [3.05, 3.63) is 41.7 Å². The maximum Gasteiger partial charge on any atom is 0.246 e. The molecule has 156 valence electrons. The van der Waals surface area contributed by atoms with Crippen LogP contribution in [0.15, 0.2) is 29.2 Å². The summed E-state index contributed by atoms with van der Waals surface area (Å²) in [6.45, 7) is 4.94. The Balaban J connectivity index is 1.50. The monoisotopic (exact) mass is 423 g/mol. The third-order valence-corrected chi connectivity index (χ3v) is 7.23. The van der Waals surface area contributed by atoms with Gasteiger partial charge in [-0.1, -0.05) is 0 Å². The van der Waals surface area contributed by atoms with Gasteiger partial charge in [-0.15, -0.1) is 0 Å². The van der Waals surface area contributed by atoms with Crippen LogP contribution in [0.1, 0.15) is 18.7 Å². The lowest BCUT2D eigenvalue weighted by Crippen LogP contribution is -2.49. The number of hydrogen-bond acceptors (Lipinski definition) is 6. The Morgan fingerprint density at radius 3 is 2.07 bits per heavy atom. The van der Waals surface area contributed by atoms with E-state index in [9.17, 15) is 17.2 Å².